The summed E-state index contributed by atoms with van der Waals surface area (Å²) < 4.78 is 32.3. The lowest BCUT2D eigenvalue weighted by molar-refractivity contribution is -0.0331. The predicted octanol–water partition coefficient (Wildman–Crippen LogP) is 3.38. The molecule has 26 heavy (non-hydrogen) atoms. The number of fused-ring (bicyclic) bond motifs is 1. The van der Waals surface area contributed by atoms with Crippen LogP contribution in [0.4, 0.5) is 8.78 Å². The molecule has 2 aromatic carbocycles. The van der Waals surface area contributed by atoms with Crippen LogP contribution in [0.15, 0.2) is 53.3 Å². The summed E-state index contributed by atoms with van der Waals surface area (Å²) in [7, 11) is 0. The van der Waals surface area contributed by atoms with Crippen molar-refractivity contribution in [3.8, 4) is 0 Å². The quantitative estimate of drug-likeness (QED) is 0.783. The molecule has 1 saturated heterocycles. The van der Waals surface area contributed by atoms with Gasteiger partial charge in [-0.1, -0.05) is 24.3 Å². The second kappa shape index (κ2) is 6.97. The Morgan fingerprint density at radius 1 is 1.12 bits per heavy atom. The van der Waals surface area contributed by atoms with E-state index in [0.717, 1.165) is 17.0 Å². The van der Waals surface area contributed by atoms with E-state index < -0.39 is 11.6 Å². The molecule has 0 saturated carbocycles. The third kappa shape index (κ3) is 3.38. The molecule has 3 aromatic rings. The Morgan fingerprint density at radius 2 is 1.96 bits per heavy atom. The van der Waals surface area contributed by atoms with Crippen molar-refractivity contribution >= 4 is 10.9 Å². The number of benzene rings is 2. The highest BCUT2D eigenvalue weighted by atomic mass is 19.2. The van der Waals surface area contributed by atoms with Crippen molar-refractivity contribution in [2.75, 3.05) is 19.7 Å². The van der Waals surface area contributed by atoms with Crippen LogP contribution in [0.3, 0.4) is 0 Å². The number of morpholine rings is 1. The van der Waals surface area contributed by atoms with Gasteiger partial charge >= 0.3 is 0 Å². The molecule has 1 fully saturated rings. The van der Waals surface area contributed by atoms with Crippen LogP contribution in [-0.2, 0) is 11.3 Å². The Bertz CT molecular complexity index is 1000. The first kappa shape index (κ1) is 16.9. The van der Waals surface area contributed by atoms with Gasteiger partial charge < -0.3 is 9.72 Å². The van der Waals surface area contributed by atoms with E-state index in [0.29, 0.717) is 37.4 Å². The molecule has 0 aliphatic carbocycles. The van der Waals surface area contributed by atoms with E-state index in [-0.39, 0.29) is 11.7 Å². The minimum atomic E-state index is -0.880. The molecule has 1 aliphatic rings. The third-order valence-corrected chi connectivity index (χ3v) is 4.69. The molecule has 1 N–H and O–H groups in total. The summed E-state index contributed by atoms with van der Waals surface area (Å²) in [6.07, 6.45) is -0.349. The van der Waals surface area contributed by atoms with Crippen molar-refractivity contribution in [1.82, 2.24) is 9.88 Å². The lowest BCUT2D eigenvalue weighted by Crippen LogP contribution is -2.39. The summed E-state index contributed by atoms with van der Waals surface area (Å²) >= 11 is 0. The number of aromatic nitrogens is 1. The highest BCUT2D eigenvalue weighted by molar-refractivity contribution is 5.78. The number of H-pyrrole nitrogens is 1. The van der Waals surface area contributed by atoms with Gasteiger partial charge in [-0.25, -0.2) is 8.78 Å². The Kier molecular flexibility index (Phi) is 4.53. The van der Waals surface area contributed by atoms with Crippen LogP contribution in [-0.4, -0.2) is 29.6 Å². The van der Waals surface area contributed by atoms with E-state index in [1.54, 1.807) is 0 Å². The van der Waals surface area contributed by atoms with Crippen molar-refractivity contribution in [3.63, 3.8) is 0 Å². The molecule has 0 amide bonds. The fourth-order valence-corrected chi connectivity index (χ4v) is 3.31. The number of pyridine rings is 1. The van der Waals surface area contributed by atoms with Crippen molar-refractivity contribution in [2.45, 2.75) is 12.6 Å². The maximum Gasteiger partial charge on any atom is 0.252 e. The smallest absolute Gasteiger partial charge is 0.252 e. The Labute approximate surface area is 149 Å². The maximum atomic E-state index is 13.5. The zero-order chi connectivity index (χ0) is 18.1. The van der Waals surface area contributed by atoms with Crippen LogP contribution >= 0.6 is 0 Å². The number of hydrogen-bond donors (Lipinski definition) is 1. The number of rotatable bonds is 3. The van der Waals surface area contributed by atoms with Crippen molar-refractivity contribution in [3.05, 3.63) is 81.6 Å². The van der Waals surface area contributed by atoms with Crippen molar-refractivity contribution < 1.29 is 13.5 Å². The minimum absolute atomic E-state index is 0.112. The molecule has 4 nitrogen and oxygen atoms in total. The topological polar surface area (TPSA) is 45.3 Å². The molecular formula is C20H18F2N2O2. The Morgan fingerprint density at radius 3 is 2.81 bits per heavy atom. The fraction of sp³-hybridized carbons (Fsp3) is 0.250. The molecule has 0 radical (unpaired) electrons. The molecule has 1 atom stereocenters. The molecule has 0 bridgehead atoms. The Balaban J connectivity index is 1.54. The maximum absolute atomic E-state index is 13.5. The molecule has 1 aromatic heterocycles. The minimum Gasteiger partial charge on any atom is -0.371 e. The molecule has 2 heterocycles. The van der Waals surface area contributed by atoms with E-state index in [2.05, 4.69) is 9.88 Å². The van der Waals surface area contributed by atoms with E-state index in [1.165, 1.54) is 12.1 Å². The van der Waals surface area contributed by atoms with Gasteiger partial charge in [0.15, 0.2) is 11.6 Å². The molecule has 0 spiro atoms. The summed E-state index contributed by atoms with van der Waals surface area (Å²) in [5.74, 6) is -1.75. The summed E-state index contributed by atoms with van der Waals surface area (Å²) in [5.41, 5.74) is 1.97. The number of nitrogens with zero attached hydrogens (tertiary/aromatic N) is 1. The molecular weight excluding hydrogens is 338 g/mol. The highest BCUT2D eigenvalue weighted by Crippen LogP contribution is 2.24. The van der Waals surface area contributed by atoms with Gasteiger partial charge in [-0.3, -0.25) is 9.69 Å². The highest BCUT2D eigenvalue weighted by Gasteiger charge is 2.23. The number of halogens is 2. The molecule has 1 aliphatic heterocycles. The van der Waals surface area contributed by atoms with Gasteiger partial charge in [0, 0.05) is 30.7 Å². The third-order valence-electron chi connectivity index (χ3n) is 4.69. The first-order chi connectivity index (χ1) is 12.6. The van der Waals surface area contributed by atoms with Gasteiger partial charge in [0.2, 0.25) is 0 Å². The number of aromatic amines is 1. The summed E-state index contributed by atoms with van der Waals surface area (Å²) in [5, 5.41) is 0.979. The zero-order valence-corrected chi connectivity index (χ0v) is 14.0. The standard InChI is InChI=1S/C20H18F2N2O2/c21-16-6-5-14(10-17(16)22)19-12-24(7-8-26-19)11-15-9-13-3-1-2-4-18(13)23-20(15)25/h1-6,9-10,19H,7-8,11-12H2,(H,23,25). The van der Waals surface area contributed by atoms with Gasteiger partial charge in [0.25, 0.3) is 5.56 Å². The monoisotopic (exact) mass is 356 g/mol. The van der Waals surface area contributed by atoms with Crippen LogP contribution in [0.25, 0.3) is 10.9 Å². The summed E-state index contributed by atoms with van der Waals surface area (Å²) in [6, 6.07) is 13.4. The summed E-state index contributed by atoms with van der Waals surface area (Å²) in [6.45, 7) is 2.13. The van der Waals surface area contributed by atoms with Gasteiger partial charge in [0.1, 0.15) is 0 Å². The van der Waals surface area contributed by atoms with Crippen molar-refractivity contribution in [2.24, 2.45) is 0 Å². The second-order valence-corrected chi connectivity index (χ2v) is 6.48. The Hall–Kier alpha value is -2.57. The molecule has 4 rings (SSSR count). The second-order valence-electron chi connectivity index (χ2n) is 6.48. The zero-order valence-electron chi connectivity index (χ0n) is 14.0. The number of nitrogens with one attached hydrogen (secondary N) is 1. The van der Waals surface area contributed by atoms with Crippen LogP contribution in [0, 0.1) is 11.6 Å². The van der Waals surface area contributed by atoms with E-state index in [1.807, 2.05) is 30.3 Å². The largest absolute Gasteiger partial charge is 0.371 e. The fourth-order valence-electron chi connectivity index (χ4n) is 3.31. The number of ether oxygens (including phenoxy) is 1. The number of hydrogen-bond acceptors (Lipinski definition) is 3. The van der Waals surface area contributed by atoms with E-state index >= 15 is 0 Å². The van der Waals surface area contributed by atoms with E-state index in [9.17, 15) is 13.6 Å². The molecule has 6 heteroatoms. The van der Waals surface area contributed by atoms with Gasteiger partial charge in [-0.2, -0.15) is 0 Å². The average Bonchev–Trinajstić information content (AvgIpc) is 2.65. The number of para-hydroxylation sites is 1. The summed E-state index contributed by atoms with van der Waals surface area (Å²) in [4.78, 5) is 17.3. The van der Waals surface area contributed by atoms with Gasteiger partial charge in [-0.15, -0.1) is 0 Å². The normalized spacial score (nSPS) is 18.3. The van der Waals surface area contributed by atoms with Crippen LogP contribution in [0.1, 0.15) is 17.2 Å². The first-order valence-electron chi connectivity index (χ1n) is 8.50. The lowest BCUT2D eigenvalue weighted by Gasteiger charge is -2.33. The van der Waals surface area contributed by atoms with Crippen LogP contribution < -0.4 is 5.56 Å². The lowest BCUT2D eigenvalue weighted by atomic mass is 10.1. The average molecular weight is 356 g/mol. The van der Waals surface area contributed by atoms with Crippen LogP contribution in [0.2, 0.25) is 0 Å². The predicted molar refractivity (Wildman–Crippen MR) is 94.9 cm³/mol. The van der Waals surface area contributed by atoms with Crippen LogP contribution in [0.5, 0.6) is 0 Å². The first-order valence-corrected chi connectivity index (χ1v) is 8.50. The van der Waals surface area contributed by atoms with Gasteiger partial charge in [0.05, 0.1) is 12.7 Å². The van der Waals surface area contributed by atoms with Crippen molar-refractivity contribution in [1.29, 1.82) is 0 Å². The SMILES string of the molecule is O=c1[nH]c2ccccc2cc1CN1CCOC(c2ccc(F)c(F)c2)C1. The molecule has 1 unspecified atom stereocenters. The van der Waals surface area contributed by atoms with E-state index in [4.69, 9.17) is 4.74 Å². The van der Waals surface area contributed by atoms with Gasteiger partial charge in [-0.05, 0) is 35.2 Å². The molecule has 134 valence electrons.